The predicted octanol–water partition coefficient (Wildman–Crippen LogP) is 2.21. The Morgan fingerprint density at radius 1 is 1.47 bits per heavy atom. The standard InChI is InChI=1S/C12H18ClNO2S/c1-3-17(15)7-6-14-9-10-8-11(13)4-5-12(10)16-2/h4-5,8,14H,3,6-7,9H2,1-2H3. The molecule has 0 fully saturated rings. The first kappa shape index (κ1) is 14.5. The number of hydrogen-bond donors (Lipinski definition) is 1. The van der Waals surface area contributed by atoms with E-state index in [9.17, 15) is 4.21 Å². The second-order valence-electron chi connectivity index (χ2n) is 3.57. The Balaban J connectivity index is 2.45. The van der Waals surface area contributed by atoms with Crippen LogP contribution in [-0.4, -0.2) is 29.4 Å². The molecule has 17 heavy (non-hydrogen) atoms. The molecule has 1 N–H and O–H groups in total. The SMILES string of the molecule is CCS(=O)CCNCc1cc(Cl)ccc1OC. The van der Waals surface area contributed by atoms with Gasteiger partial charge in [0.1, 0.15) is 5.75 Å². The van der Waals surface area contributed by atoms with Crippen molar-refractivity contribution >= 4 is 22.4 Å². The van der Waals surface area contributed by atoms with Crippen LogP contribution in [0.5, 0.6) is 5.75 Å². The van der Waals surface area contributed by atoms with Gasteiger partial charge in [0, 0.05) is 46.0 Å². The van der Waals surface area contributed by atoms with Crippen molar-refractivity contribution in [3.63, 3.8) is 0 Å². The second kappa shape index (κ2) is 7.69. The van der Waals surface area contributed by atoms with Crippen molar-refractivity contribution in [1.29, 1.82) is 0 Å². The number of benzene rings is 1. The second-order valence-corrected chi connectivity index (χ2v) is 5.87. The number of halogens is 1. The van der Waals surface area contributed by atoms with Crippen molar-refractivity contribution in [2.45, 2.75) is 13.5 Å². The summed E-state index contributed by atoms with van der Waals surface area (Å²) in [6, 6.07) is 5.53. The van der Waals surface area contributed by atoms with Crippen molar-refractivity contribution in [3.05, 3.63) is 28.8 Å². The molecule has 1 atom stereocenters. The Kier molecular flexibility index (Phi) is 6.55. The van der Waals surface area contributed by atoms with Gasteiger partial charge in [-0.25, -0.2) is 0 Å². The molecular weight excluding hydrogens is 258 g/mol. The van der Waals surface area contributed by atoms with Gasteiger partial charge >= 0.3 is 0 Å². The normalized spacial score (nSPS) is 12.4. The van der Waals surface area contributed by atoms with Crippen LogP contribution < -0.4 is 10.1 Å². The maximum Gasteiger partial charge on any atom is 0.123 e. The average molecular weight is 276 g/mol. The van der Waals surface area contributed by atoms with Crippen LogP contribution in [0.1, 0.15) is 12.5 Å². The van der Waals surface area contributed by atoms with Crippen LogP contribution >= 0.6 is 11.6 Å². The number of nitrogens with one attached hydrogen (secondary N) is 1. The van der Waals surface area contributed by atoms with Crippen LogP contribution in [0.3, 0.4) is 0 Å². The molecule has 0 radical (unpaired) electrons. The molecule has 0 saturated carbocycles. The van der Waals surface area contributed by atoms with E-state index in [1.165, 1.54) is 0 Å². The largest absolute Gasteiger partial charge is 0.496 e. The highest BCUT2D eigenvalue weighted by atomic mass is 35.5. The van der Waals surface area contributed by atoms with E-state index in [-0.39, 0.29) is 0 Å². The Hall–Kier alpha value is -0.580. The number of ether oxygens (including phenoxy) is 1. The third-order valence-corrected chi connectivity index (χ3v) is 3.92. The fraction of sp³-hybridized carbons (Fsp3) is 0.500. The number of hydrogen-bond acceptors (Lipinski definition) is 3. The Morgan fingerprint density at radius 2 is 2.24 bits per heavy atom. The highest BCUT2D eigenvalue weighted by molar-refractivity contribution is 7.84. The molecule has 1 rings (SSSR count). The monoisotopic (exact) mass is 275 g/mol. The van der Waals surface area contributed by atoms with Crippen molar-refractivity contribution in [2.24, 2.45) is 0 Å². The topological polar surface area (TPSA) is 38.3 Å². The zero-order valence-corrected chi connectivity index (χ0v) is 11.7. The molecule has 0 amide bonds. The molecular formula is C12H18ClNO2S. The van der Waals surface area contributed by atoms with Gasteiger partial charge in [-0.1, -0.05) is 18.5 Å². The third kappa shape index (κ3) is 5.06. The summed E-state index contributed by atoms with van der Waals surface area (Å²) < 4.78 is 16.5. The van der Waals surface area contributed by atoms with Gasteiger partial charge in [-0.3, -0.25) is 4.21 Å². The van der Waals surface area contributed by atoms with E-state index in [2.05, 4.69) is 5.32 Å². The molecule has 1 unspecified atom stereocenters. The van der Waals surface area contributed by atoms with Gasteiger partial charge in [0.15, 0.2) is 0 Å². The molecule has 5 heteroatoms. The number of methoxy groups -OCH3 is 1. The summed E-state index contributed by atoms with van der Waals surface area (Å²) >= 11 is 5.93. The van der Waals surface area contributed by atoms with Gasteiger partial charge < -0.3 is 10.1 Å². The highest BCUT2D eigenvalue weighted by Gasteiger charge is 2.03. The zero-order valence-electron chi connectivity index (χ0n) is 10.2. The number of rotatable bonds is 7. The summed E-state index contributed by atoms with van der Waals surface area (Å²) in [6.07, 6.45) is 0. The molecule has 0 aromatic heterocycles. The summed E-state index contributed by atoms with van der Waals surface area (Å²) in [5, 5.41) is 3.93. The smallest absolute Gasteiger partial charge is 0.123 e. The quantitative estimate of drug-likeness (QED) is 0.776. The van der Waals surface area contributed by atoms with Gasteiger partial charge in [-0.05, 0) is 18.2 Å². The molecule has 1 aromatic rings. The van der Waals surface area contributed by atoms with Crippen molar-refractivity contribution < 1.29 is 8.95 Å². The third-order valence-electron chi connectivity index (χ3n) is 2.39. The summed E-state index contributed by atoms with van der Waals surface area (Å²) in [5.74, 6) is 2.21. The lowest BCUT2D eigenvalue weighted by Crippen LogP contribution is -2.20. The van der Waals surface area contributed by atoms with Gasteiger partial charge in [0.05, 0.1) is 7.11 Å². The summed E-state index contributed by atoms with van der Waals surface area (Å²) in [5.41, 5.74) is 1.02. The predicted molar refractivity (Wildman–Crippen MR) is 73.3 cm³/mol. The maximum absolute atomic E-state index is 11.2. The van der Waals surface area contributed by atoms with Crippen LogP contribution in [0.2, 0.25) is 5.02 Å². The minimum atomic E-state index is -0.716. The van der Waals surface area contributed by atoms with Crippen molar-refractivity contribution in [2.75, 3.05) is 25.2 Å². The van der Waals surface area contributed by atoms with E-state index in [1.807, 2.05) is 19.1 Å². The Labute approximate surface area is 110 Å². The summed E-state index contributed by atoms with van der Waals surface area (Å²) in [6.45, 7) is 3.33. The molecule has 0 aliphatic heterocycles. The van der Waals surface area contributed by atoms with Crippen molar-refractivity contribution in [3.8, 4) is 5.75 Å². The molecule has 0 spiro atoms. The van der Waals surface area contributed by atoms with E-state index in [0.717, 1.165) is 17.9 Å². The Morgan fingerprint density at radius 3 is 2.88 bits per heavy atom. The lowest BCUT2D eigenvalue weighted by molar-refractivity contribution is 0.408. The van der Waals surface area contributed by atoms with Gasteiger partial charge in [-0.2, -0.15) is 0 Å². The summed E-state index contributed by atoms with van der Waals surface area (Å²) in [4.78, 5) is 0. The molecule has 3 nitrogen and oxygen atoms in total. The first-order valence-corrected chi connectivity index (χ1v) is 7.42. The van der Waals surface area contributed by atoms with Gasteiger partial charge in [-0.15, -0.1) is 0 Å². The Bertz CT molecular complexity index is 385. The molecule has 0 saturated heterocycles. The van der Waals surface area contributed by atoms with Crippen molar-refractivity contribution in [1.82, 2.24) is 5.32 Å². The molecule has 0 aliphatic rings. The van der Waals surface area contributed by atoms with E-state index < -0.39 is 10.8 Å². The summed E-state index contributed by atoms with van der Waals surface area (Å²) in [7, 11) is 0.922. The average Bonchev–Trinajstić information content (AvgIpc) is 2.34. The molecule has 96 valence electrons. The lowest BCUT2D eigenvalue weighted by atomic mass is 10.2. The fourth-order valence-electron chi connectivity index (χ4n) is 1.44. The van der Waals surface area contributed by atoms with Gasteiger partial charge in [0.2, 0.25) is 0 Å². The first-order chi connectivity index (χ1) is 8.17. The van der Waals surface area contributed by atoms with Crippen LogP contribution in [0.25, 0.3) is 0 Å². The van der Waals surface area contributed by atoms with E-state index >= 15 is 0 Å². The maximum atomic E-state index is 11.2. The zero-order chi connectivity index (χ0) is 12.7. The molecule has 0 aliphatic carbocycles. The van der Waals surface area contributed by atoms with E-state index in [0.29, 0.717) is 23.1 Å². The molecule has 0 heterocycles. The van der Waals surface area contributed by atoms with Crippen LogP contribution in [0.4, 0.5) is 0 Å². The molecule has 1 aromatic carbocycles. The van der Waals surface area contributed by atoms with E-state index in [1.54, 1.807) is 13.2 Å². The minimum absolute atomic E-state index is 0.671. The van der Waals surface area contributed by atoms with Crippen LogP contribution in [-0.2, 0) is 17.3 Å². The lowest BCUT2D eigenvalue weighted by Gasteiger charge is -2.09. The highest BCUT2D eigenvalue weighted by Crippen LogP contribution is 2.22. The van der Waals surface area contributed by atoms with Gasteiger partial charge in [0.25, 0.3) is 0 Å². The molecule has 0 bridgehead atoms. The minimum Gasteiger partial charge on any atom is -0.496 e. The van der Waals surface area contributed by atoms with E-state index in [4.69, 9.17) is 16.3 Å². The van der Waals surface area contributed by atoms with Crippen LogP contribution in [0, 0.1) is 0 Å². The fourth-order valence-corrected chi connectivity index (χ4v) is 2.29. The first-order valence-electron chi connectivity index (χ1n) is 5.55. The van der Waals surface area contributed by atoms with Crippen LogP contribution in [0.15, 0.2) is 18.2 Å².